The summed E-state index contributed by atoms with van der Waals surface area (Å²) in [5, 5.41) is 0. The summed E-state index contributed by atoms with van der Waals surface area (Å²) in [5.74, 6) is 0.949. The van der Waals surface area contributed by atoms with E-state index >= 15 is 0 Å². The second kappa shape index (κ2) is 3.18. The van der Waals surface area contributed by atoms with Crippen molar-refractivity contribution in [1.29, 1.82) is 0 Å². The maximum atomic E-state index is 5.05. The molecule has 0 saturated heterocycles. The predicted octanol–water partition coefficient (Wildman–Crippen LogP) is 2.02. The zero-order chi connectivity index (χ0) is 9.26. The highest BCUT2D eigenvalue weighted by atomic mass is 16.5. The molecule has 1 heterocycles. The first-order valence-electron chi connectivity index (χ1n) is 4.24. The van der Waals surface area contributed by atoms with Crippen LogP contribution in [-0.4, -0.2) is 17.1 Å². The van der Waals surface area contributed by atoms with Gasteiger partial charge in [-0.25, -0.2) is 4.98 Å². The molecule has 2 rings (SSSR count). The second-order valence-corrected chi connectivity index (χ2v) is 3.11. The van der Waals surface area contributed by atoms with Crippen LogP contribution < -0.4 is 0 Å². The SMILES string of the molecule is COCc1ccc2nc(C)[nH]c2c1. The minimum atomic E-state index is 0.647. The number of nitrogens with zero attached hydrogens (tertiary/aromatic N) is 1. The van der Waals surface area contributed by atoms with E-state index in [0.29, 0.717) is 6.61 Å². The Morgan fingerprint density at radius 2 is 2.31 bits per heavy atom. The number of imidazole rings is 1. The van der Waals surface area contributed by atoms with Crippen LogP contribution in [0.5, 0.6) is 0 Å². The van der Waals surface area contributed by atoms with Crippen molar-refractivity contribution >= 4 is 11.0 Å². The quantitative estimate of drug-likeness (QED) is 0.760. The van der Waals surface area contributed by atoms with Crippen molar-refractivity contribution in [2.24, 2.45) is 0 Å². The fourth-order valence-corrected chi connectivity index (χ4v) is 1.44. The number of benzene rings is 1. The molecular weight excluding hydrogens is 164 g/mol. The van der Waals surface area contributed by atoms with Gasteiger partial charge in [-0.3, -0.25) is 0 Å². The smallest absolute Gasteiger partial charge is 0.104 e. The average Bonchev–Trinajstić information content (AvgIpc) is 2.44. The normalized spacial score (nSPS) is 10.9. The molecule has 13 heavy (non-hydrogen) atoms. The Bertz CT molecular complexity index is 420. The number of methoxy groups -OCH3 is 1. The zero-order valence-corrected chi connectivity index (χ0v) is 7.79. The van der Waals surface area contributed by atoms with E-state index in [1.807, 2.05) is 19.1 Å². The first-order chi connectivity index (χ1) is 6.29. The molecule has 0 unspecified atom stereocenters. The van der Waals surface area contributed by atoms with Crippen molar-refractivity contribution in [2.75, 3.05) is 7.11 Å². The molecule has 0 aliphatic rings. The number of ether oxygens (including phenoxy) is 1. The Labute approximate surface area is 76.8 Å². The van der Waals surface area contributed by atoms with Gasteiger partial charge in [-0.15, -0.1) is 0 Å². The largest absolute Gasteiger partial charge is 0.380 e. The van der Waals surface area contributed by atoms with Crippen LogP contribution in [0.15, 0.2) is 18.2 Å². The average molecular weight is 176 g/mol. The third-order valence-electron chi connectivity index (χ3n) is 1.98. The highest BCUT2D eigenvalue weighted by Gasteiger charge is 1.99. The van der Waals surface area contributed by atoms with Gasteiger partial charge in [0.25, 0.3) is 0 Å². The Hall–Kier alpha value is -1.35. The molecule has 0 bridgehead atoms. The number of aromatic nitrogens is 2. The standard InChI is InChI=1S/C10H12N2O/c1-7-11-9-4-3-8(6-13-2)5-10(9)12-7/h3-5H,6H2,1-2H3,(H,11,12). The minimum Gasteiger partial charge on any atom is -0.380 e. The lowest BCUT2D eigenvalue weighted by Gasteiger charge is -1.97. The minimum absolute atomic E-state index is 0.647. The lowest BCUT2D eigenvalue weighted by Crippen LogP contribution is -1.86. The molecule has 0 aliphatic heterocycles. The van der Waals surface area contributed by atoms with E-state index < -0.39 is 0 Å². The number of fused-ring (bicyclic) bond motifs is 1. The fourth-order valence-electron chi connectivity index (χ4n) is 1.44. The summed E-state index contributed by atoms with van der Waals surface area (Å²) in [4.78, 5) is 7.51. The van der Waals surface area contributed by atoms with Crippen LogP contribution in [0.1, 0.15) is 11.4 Å². The van der Waals surface area contributed by atoms with Gasteiger partial charge >= 0.3 is 0 Å². The van der Waals surface area contributed by atoms with E-state index in [1.54, 1.807) is 7.11 Å². The number of rotatable bonds is 2. The molecule has 0 radical (unpaired) electrons. The Kier molecular flexibility index (Phi) is 2.02. The third kappa shape index (κ3) is 1.55. The third-order valence-corrected chi connectivity index (χ3v) is 1.98. The summed E-state index contributed by atoms with van der Waals surface area (Å²) in [6.45, 7) is 2.60. The number of aryl methyl sites for hydroxylation is 1. The van der Waals surface area contributed by atoms with Gasteiger partial charge in [-0.1, -0.05) is 6.07 Å². The van der Waals surface area contributed by atoms with Crippen LogP contribution in [0.2, 0.25) is 0 Å². The van der Waals surface area contributed by atoms with Gasteiger partial charge in [0.15, 0.2) is 0 Å². The van der Waals surface area contributed by atoms with Crippen molar-refractivity contribution in [2.45, 2.75) is 13.5 Å². The van der Waals surface area contributed by atoms with Gasteiger partial charge in [-0.2, -0.15) is 0 Å². The molecule has 68 valence electrons. The van der Waals surface area contributed by atoms with E-state index in [0.717, 1.165) is 16.9 Å². The van der Waals surface area contributed by atoms with Crippen LogP contribution in [0.3, 0.4) is 0 Å². The Morgan fingerprint density at radius 3 is 3.08 bits per heavy atom. The molecule has 0 atom stereocenters. The van der Waals surface area contributed by atoms with E-state index in [1.165, 1.54) is 5.56 Å². The monoisotopic (exact) mass is 176 g/mol. The number of aromatic amines is 1. The molecule has 3 nitrogen and oxygen atoms in total. The van der Waals surface area contributed by atoms with Crippen molar-refractivity contribution in [3.05, 3.63) is 29.6 Å². The zero-order valence-electron chi connectivity index (χ0n) is 7.79. The van der Waals surface area contributed by atoms with Crippen LogP contribution in [-0.2, 0) is 11.3 Å². The van der Waals surface area contributed by atoms with Crippen molar-refractivity contribution < 1.29 is 4.74 Å². The van der Waals surface area contributed by atoms with Gasteiger partial charge in [0.2, 0.25) is 0 Å². The summed E-state index contributed by atoms with van der Waals surface area (Å²) in [6, 6.07) is 6.11. The maximum absolute atomic E-state index is 5.05. The first-order valence-corrected chi connectivity index (χ1v) is 4.24. The number of nitrogens with one attached hydrogen (secondary N) is 1. The van der Waals surface area contributed by atoms with Crippen LogP contribution in [0, 0.1) is 6.92 Å². The van der Waals surface area contributed by atoms with Crippen LogP contribution in [0.25, 0.3) is 11.0 Å². The summed E-state index contributed by atoms with van der Waals surface area (Å²) in [6.07, 6.45) is 0. The second-order valence-electron chi connectivity index (χ2n) is 3.11. The summed E-state index contributed by atoms with van der Waals surface area (Å²) in [5.41, 5.74) is 3.25. The molecule has 2 aromatic rings. The number of hydrogen-bond acceptors (Lipinski definition) is 2. The lowest BCUT2D eigenvalue weighted by molar-refractivity contribution is 0.185. The van der Waals surface area contributed by atoms with Gasteiger partial charge in [-0.05, 0) is 24.6 Å². The van der Waals surface area contributed by atoms with Gasteiger partial charge < -0.3 is 9.72 Å². The Balaban J connectivity index is 2.48. The molecule has 0 saturated carbocycles. The molecule has 1 aromatic carbocycles. The van der Waals surface area contributed by atoms with Gasteiger partial charge in [0.05, 0.1) is 17.6 Å². The first kappa shape index (κ1) is 8.26. The summed E-state index contributed by atoms with van der Waals surface area (Å²) in [7, 11) is 1.70. The molecule has 1 N–H and O–H groups in total. The molecule has 0 aliphatic carbocycles. The van der Waals surface area contributed by atoms with E-state index in [2.05, 4.69) is 16.0 Å². The van der Waals surface area contributed by atoms with E-state index in [9.17, 15) is 0 Å². The fraction of sp³-hybridized carbons (Fsp3) is 0.300. The van der Waals surface area contributed by atoms with Crippen molar-refractivity contribution in [3.8, 4) is 0 Å². The topological polar surface area (TPSA) is 37.9 Å². The molecule has 0 fully saturated rings. The maximum Gasteiger partial charge on any atom is 0.104 e. The molecule has 0 spiro atoms. The summed E-state index contributed by atoms with van der Waals surface area (Å²) < 4.78 is 5.05. The molecular formula is C10H12N2O. The van der Waals surface area contributed by atoms with Crippen molar-refractivity contribution in [1.82, 2.24) is 9.97 Å². The molecule has 1 aromatic heterocycles. The highest BCUT2D eigenvalue weighted by molar-refractivity contribution is 5.75. The van der Waals surface area contributed by atoms with E-state index in [4.69, 9.17) is 4.74 Å². The van der Waals surface area contributed by atoms with Crippen LogP contribution in [0.4, 0.5) is 0 Å². The highest BCUT2D eigenvalue weighted by Crippen LogP contribution is 2.13. The van der Waals surface area contributed by atoms with Gasteiger partial charge in [0, 0.05) is 7.11 Å². The molecule has 0 amide bonds. The number of hydrogen-bond donors (Lipinski definition) is 1. The molecule has 3 heteroatoms. The number of H-pyrrole nitrogens is 1. The predicted molar refractivity (Wildman–Crippen MR) is 51.5 cm³/mol. The van der Waals surface area contributed by atoms with Crippen molar-refractivity contribution in [3.63, 3.8) is 0 Å². The van der Waals surface area contributed by atoms with E-state index in [-0.39, 0.29) is 0 Å². The summed E-state index contributed by atoms with van der Waals surface area (Å²) >= 11 is 0. The Morgan fingerprint density at radius 1 is 1.46 bits per heavy atom. The van der Waals surface area contributed by atoms with Gasteiger partial charge in [0.1, 0.15) is 5.82 Å². The lowest BCUT2D eigenvalue weighted by atomic mass is 10.2. The van der Waals surface area contributed by atoms with Crippen LogP contribution >= 0.6 is 0 Å².